The van der Waals surface area contributed by atoms with E-state index in [2.05, 4.69) is 5.32 Å². The van der Waals surface area contributed by atoms with Gasteiger partial charge in [0.05, 0.1) is 11.7 Å². The van der Waals surface area contributed by atoms with Gasteiger partial charge in [-0.15, -0.1) is 0 Å². The van der Waals surface area contributed by atoms with Crippen LogP contribution in [0.5, 0.6) is 5.75 Å². The molecule has 0 radical (unpaired) electrons. The Morgan fingerprint density at radius 3 is 2.71 bits per heavy atom. The molecule has 0 aliphatic carbocycles. The highest BCUT2D eigenvalue weighted by Gasteiger charge is 2.43. The smallest absolute Gasteiger partial charge is 0.534 e. The number of nitrogens with one attached hydrogen (secondary N) is 1. The van der Waals surface area contributed by atoms with Crippen molar-refractivity contribution >= 4 is 28.8 Å². The summed E-state index contributed by atoms with van der Waals surface area (Å²) in [6, 6.07) is 4.40. The Bertz CT molecular complexity index is 863. The van der Waals surface area contributed by atoms with Crippen LogP contribution in [0.25, 0.3) is 0 Å². The molecule has 0 aromatic heterocycles. The number of esters is 1. The molecule has 1 atom stereocenters. The van der Waals surface area contributed by atoms with Crippen LogP contribution in [0.1, 0.15) is 29.3 Å². The molecule has 0 saturated heterocycles. The van der Waals surface area contributed by atoms with Crippen molar-refractivity contribution in [2.45, 2.75) is 31.6 Å². The highest BCUT2D eigenvalue weighted by atomic mass is 32.2. The van der Waals surface area contributed by atoms with Gasteiger partial charge in [-0.05, 0) is 18.1 Å². The molecule has 8 nitrogen and oxygen atoms in total. The van der Waals surface area contributed by atoms with E-state index in [1.165, 1.54) is 12.1 Å². The molecule has 1 amide bonds. The number of amides is 1. The second-order valence-corrected chi connectivity index (χ2v) is 8.67. The number of carbonyl (C=O) groups is 2. The minimum absolute atomic E-state index is 0.00731. The lowest BCUT2D eigenvalue weighted by Crippen LogP contribution is -2.56. The molecule has 0 saturated carbocycles. The van der Waals surface area contributed by atoms with Crippen LogP contribution in [0.4, 0.5) is 8.78 Å². The molecule has 0 spiro atoms. The molecule has 12 heteroatoms. The molecule has 1 aliphatic heterocycles. The van der Waals surface area contributed by atoms with Crippen molar-refractivity contribution in [1.29, 1.82) is 0 Å². The van der Waals surface area contributed by atoms with Crippen LogP contribution < -0.4 is 9.97 Å². The standard InChI is InChI=1S/C16H20BF2NO7S/c1-3-16(18,19)15(22)20-12-9-10-5-4-6-11(13(10)27-17(12)23)14(21)26-7-8-28(2,24)25/h4-6,12,23H,3,7-9H2,1-2H3,(H,20,22)/t12-/m0/s1. The lowest BCUT2D eigenvalue weighted by Gasteiger charge is -2.30. The number of halogens is 2. The van der Waals surface area contributed by atoms with Gasteiger partial charge in [0.2, 0.25) is 0 Å². The lowest BCUT2D eigenvalue weighted by atomic mass is 9.72. The summed E-state index contributed by atoms with van der Waals surface area (Å²) in [5.41, 5.74) is 0.349. The van der Waals surface area contributed by atoms with E-state index in [0.717, 1.165) is 13.2 Å². The van der Waals surface area contributed by atoms with Crippen molar-refractivity contribution in [3.63, 3.8) is 0 Å². The van der Waals surface area contributed by atoms with E-state index < -0.39 is 47.1 Å². The Hall–Kier alpha value is -2.21. The summed E-state index contributed by atoms with van der Waals surface area (Å²) in [7, 11) is -4.97. The third kappa shape index (κ3) is 5.41. The molecule has 1 aliphatic rings. The van der Waals surface area contributed by atoms with Gasteiger partial charge in [-0.2, -0.15) is 8.78 Å². The third-order valence-electron chi connectivity index (χ3n) is 4.12. The molecule has 1 aromatic carbocycles. The van der Waals surface area contributed by atoms with Crippen LogP contribution in [0.3, 0.4) is 0 Å². The molecule has 28 heavy (non-hydrogen) atoms. The topological polar surface area (TPSA) is 119 Å². The Morgan fingerprint density at radius 2 is 2.11 bits per heavy atom. The fourth-order valence-corrected chi connectivity index (χ4v) is 2.89. The number of rotatable bonds is 7. The van der Waals surface area contributed by atoms with E-state index in [0.29, 0.717) is 5.56 Å². The second kappa shape index (κ2) is 8.44. The Morgan fingerprint density at radius 1 is 1.43 bits per heavy atom. The van der Waals surface area contributed by atoms with Crippen molar-refractivity contribution in [3.05, 3.63) is 29.3 Å². The summed E-state index contributed by atoms with van der Waals surface area (Å²) in [6.07, 6.45) is 0.260. The van der Waals surface area contributed by atoms with Crippen LogP contribution in [-0.4, -0.2) is 62.9 Å². The zero-order chi connectivity index (χ0) is 21.1. The predicted molar refractivity (Wildman–Crippen MR) is 95.9 cm³/mol. The van der Waals surface area contributed by atoms with Crippen molar-refractivity contribution in [2.24, 2.45) is 0 Å². The molecular formula is C16H20BF2NO7S. The van der Waals surface area contributed by atoms with Crippen LogP contribution in [0.2, 0.25) is 0 Å². The molecule has 154 valence electrons. The van der Waals surface area contributed by atoms with Crippen LogP contribution in [0.15, 0.2) is 18.2 Å². The Kier molecular flexibility index (Phi) is 6.65. The van der Waals surface area contributed by atoms with Gasteiger partial charge in [0.15, 0.2) is 9.84 Å². The van der Waals surface area contributed by atoms with Gasteiger partial charge in [-0.25, -0.2) is 13.2 Å². The molecule has 0 fully saturated rings. The van der Waals surface area contributed by atoms with Gasteiger partial charge >= 0.3 is 19.0 Å². The molecule has 2 N–H and O–H groups in total. The first-order chi connectivity index (χ1) is 12.9. The van der Waals surface area contributed by atoms with Crippen LogP contribution in [-0.2, 0) is 25.8 Å². The summed E-state index contributed by atoms with van der Waals surface area (Å²) in [5.74, 6) is -7.45. The summed E-state index contributed by atoms with van der Waals surface area (Å²) in [6.45, 7) is 0.805. The molecule has 2 rings (SSSR count). The number of hydrogen-bond acceptors (Lipinski definition) is 7. The van der Waals surface area contributed by atoms with E-state index in [9.17, 15) is 31.8 Å². The van der Waals surface area contributed by atoms with E-state index in [4.69, 9.17) is 9.39 Å². The zero-order valence-corrected chi connectivity index (χ0v) is 16.1. The van der Waals surface area contributed by atoms with Crippen molar-refractivity contribution in [3.8, 4) is 5.75 Å². The summed E-state index contributed by atoms with van der Waals surface area (Å²) in [5, 5.41) is 12.1. The second-order valence-electron chi connectivity index (χ2n) is 6.41. The lowest BCUT2D eigenvalue weighted by molar-refractivity contribution is -0.146. The van der Waals surface area contributed by atoms with E-state index >= 15 is 0 Å². The Balaban J connectivity index is 2.13. The van der Waals surface area contributed by atoms with Gasteiger partial charge in [0.1, 0.15) is 17.9 Å². The fraction of sp³-hybridized carbons (Fsp3) is 0.500. The SMILES string of the molecule is CCC(F)(F)C(=O)N[C@H]1Cc2cccc(C(=O)OCCS(C)(=O)=O)c2OB1O. The number of ether oxygens (including phenoxy) is 1. The highest BCUT2D eigenvalue weighted by Crippen LogP contribution is 2.31. The van der Waals surface area contributed by atoms with Crippen LogP contribution in [0, 0.1) is 0 Å². The summed E-state index contributed by atoms with van der Waals surface area (Å²) in [4.78, 5) is 23.8. The van der Waals surface area contributed by atoms with E-state index in [-0.39, 0.29) is 30.1 Å². The fourth-order valence-electron chi connectivity index (χ4n) is 2.51. The number of para-hydroxylation sites is 1. The molecule has 1 heterocycles. The normalized spacial score (nSPS) is 16.8. The van der Waals surface area contributed by atoms with Gasteiger partial charge < -0.3 is 19.7 Å². The zero-order valence-electron chi connectivity index (χ0n) is 15.3. The minimum atomic E-state index is -3.58. The average Bonchev–Trinajstić information content (AvgIpc) is 2.60. The number of benzene rings is 1. The first kappa shape index (κ1) is 22.1. The van der Waals surface area contributed by atoms with E-state index in [1.807, 2.05) is 0 Å². The van der Waals surface area contributed by atoms with Gasteiger partial charge in [0.25, 0.3) is 5.91 Å². The molecule has 0 unspecified atom stereocenters. The van der Waals surface area contributed by atoms with Crippen LogP contribution >= 0.6 is 0 Å². The van der Waals surface area contributed by atoms with Crippen molar-refractivity contribution in [2.75, 3.05) is 18.6 Å². The number of sulfone groups is 1. The van der Waals surface area contributed by atoms with Gasteiger partial charge in [0, 0.05) is 12.7 Å². The maximum Gasteiger partial charge on any atom is 0.547 e. The Labute approximate surface area is 161 Å². The number of hydrogen-bond donors (Lipinski definition) is 2. The van der Waals surface area contributed by atoms with E-state index in [1.54, 1.807) is 6.07 Å². The number of carbonyl (C=O) groups excluding carboxylic acids is 2. The maximum atomic E-state index is 13.5. The number of fused-ring (bicyclic) bond motifs is 1. The van der Waals surface area contributed by atoms with Crippen molar-refractivity contribution < 1.29 is 41.2 Å². The average molecular weight is 419 g/mol. The molecular weight excluding hydrogens is 399 g/mol. The van der Waals surface area contributed by atoms with Crippen molar-refractivity contribution in [1.82, 2.24) is 5.32 Å². The number of alkyl halides is 2. The molecule has 1 aromatic rings. The minimum Gasteiger partial charge on any atom is -0.534 e. The first-order valence-electron chi connectivity index (χ1n) is 8.45. The summed E-state index contributed by atoms with van der Waals surface area (Å²) >= 11 is 0. The molecule has 0 bridgehead atoms. The predicted octanol–water partition coefficient (Wildman–Crippen LogP) is 0.373. The maximum absolute atomic E-state index is 13.5. The van der Waals surface area contributed by atoms with Gasteiger partial charge in [-0.1, -0.05) is 19.1 Å². The monoisotopic (exact) mass is 419 g/mol. The third-order valence-corrected chi connectivity index (χ3v) is 5.03. The first-order valence-corrected chi connectivity index (χ1v) is 10.5. The van der Waals surface area contributed by atoms with Gasteiger partial charge in [-0.3, -0.25) is 4.79 Å². The quantitative estimate of drug-likeness (QED) is 0.484. The summed E-state index contributed by atoms with van der Waals surface area (Å²) < 4.78 is 59.3. The largest absolute Gasteiger partial charge is 0.547 e. The highest BCUT2D eigenvalue weighted by molar-refractivity contribution is 7.90.